The Kier molecular flexibility index (Phi) is 4.98. The van der Waals surface area contributed by atoms with Crippen LogP contribution in [0.15, 0.2) is 53.4 Å². The van der Waals surface area contributed by atoms with Crippen molar-refractivity contribution in [3.8, 4) is 16.3 Å². The maximum Gasteiger partial charge on any atom is 0.294 e. The molecule has 0 bridgehead atoms. The molecule has 0 saturated carbocycles. The summed E-state index contributed by atoms with van der Waals surface area (Å²) < 4.78 is 36.8. The van der Waals surface area contributed by atoms with Gasteiger partial charge >= 0.3 is 0 Å². The summed E-state index contributed by atoms with van der Waals surface area (Å²) in [6, 6.07) is 13.3. The molecule has 0 fully saturated rings. The molecular formula is C16H15N3O4S2. The molecule has 130 valence electrons. The Bertz CT molecular complexity index is 986. The van der Waals surface area contributed by atoms with Gasteiger partial charge in [-0.05, 0) is 31.2 Å². The van der Waals surface area contributed by atoms with Crippen LogP contribution < -0.4 is 10.1 Å². The summed E-state index contributed by atoms with van der Waals surface area (Å²) in [6.07, 6.45) is 0. The van der Waals surface area contributed by atoms with Gasteiger partial charge in [-0.2, -0.15) is 8.42 Å². The Morgan fingerprint density at radius 3 is 2.68 bits per heavy atom. The van der Waals surface area contributed by atoms with Gasteiger partial charge in [0.05, 0.1) is 4.90 Å². The number of hydrogen-bond acceptors (Lipinski definition) is 7. The zero-order valence-electron chi connectivity index (χ0n) is 13.2. The summed E-state index contributed by atoms with van der Waals surface area (Å²) in [6.45, 7) is 2.03. The van der Waals surface area contributed by atoms with E-state index in [2.05, 4.69) is 15.5 Å². The van der Waals surface area contributed by atoms with Crippen molar-refractivity contribution in [3.63, 3.8) is 0 Å². The van der Waals surface area contributed by atoms with Gasteiger partial charge in [0.25, 0.3) is 10.1 Å². The van der Waals surface area contributed by atoms with E-state index in [9.17, 15) is 8.42 Å². The smallest absolute Gasteiger partial charge is 0.294 e. The van der Waals surface area contributed by atoms with E-state index in [1.54, 1.807) is 6.07 Å². The number of hydrogen-bond donors (Lipinski definition) is 2. The second kappa shape index (κ2) is 7.18. The lowest BCUT2D eigenvalue weighted by Crippen LogP contribution is -2.09. The largest absolute Gasteiger partial charge is 0.473 e. The fourth-order valence-corrected chi connectivity index (χ4v) is 3.31. The van der Waals surface area contributed by atoms with E-state index in [0.29, 0.717) is 5.75 Å². The van der Waals surface area contributed by atoms with E-state index in [1.165, 1.54) is 29.5 Å². The first-order valence-corrected chi connectivity index (χ1v) is 9.52. The molecule has 2 aromatic carbocycles. The molecular weight excluding hydrogens is 362 g/mol. The molecule has 7 nitrogen and oxygen atoms in total. The molecule has 0 aliphatic carbocycles. The van der Waals surface area contributed by atoms with Crippen LogP contribution in [-0.2, 0) is 10.1 Å². The molecule has 0 radical (unpaired) electrons. The SMILES string of the molecule is Cc1nnc(-c2cccc(NCOc3cccc(S(=O)(=O)O)c3)c2)s1. The zero-order chi connectivity index (χ0) is 17.9. The van der Waals surface area contributed by atoms with Crippen molar-refractivity contribution >= 4 is 27.1 Å². The Morgan fingerprint density at radius 1 is 1.16 bits per heavy atom. The zero-order valence-corrected chi connectivity index (χ0v) is 14.8. The van der Waals surface area contributed by atoms with Crippen LogP contribution in [0.5, 0.6) is 5.75 Å². The number of nitrogens with one attached hydrogen (secondary N) is 1. The van der Waals surface area contributed by atoms with Gasteiger partial charge in [0.15, 0.2) is 6.73 Å². The molecule has 0 saturated heterocycles. The lowest BCUT2D eigenvalue weighted by atomic mass is 10.2. The van der Waals surface area contributed by atoms with Crippen molar-refractivity contribution in [1.29, 1.82) is 0 Å². The summed E-state index contributed by atoms with van der Waals surface area (Å²) in [5.74, 6) is 0.332. The number of aryl methyl sites for hydroxylation is 1. The van der Waals surface area contributed by atoms with Crippen LogP contribution in [0.4, 0.5) is 5.69 Å². The lowest BCUT2D eigenvalue weighted by Gasteiger charge is -2.10. The predicted octanol–water partition coefficient (Wildman–Crippen LogP) is 3.21. The molecule has 25 heavy (non-hydrogen) atoms. The van der Waals surface area contributed by atoms with E-state index in [1.807, 2.05) is 31.2 Å². The van der Waals surface area contributed by atoms with Crippen molar-refractivity contribution in [1.82, 2.24) is 10.2 Å². The van der Waals surface area contributed by atoms with E-state index < -0.39 is 10.1 Å². The predicted molar refractivity (Wildman–Crippen MR) is 95.5 cm³/mol. The molecule has 0 unspecified atom stereocenters. The molecule has 0 spiro atoms. The normalized spacial score (nSPS) is 11.3. The number of anilines is 1. The second-order valence-electron chi connectivity index (χ2n) is 5.12. The van der Waals surface area contributed by atoms with Gasteiger partial charge in [-0.25, -0.2) is 0 Å². The third-order valence-electron chi connectivity index (χ3n) is 3.25. The van der Waals surface area contributed by atoms with Crippen molar-refractivity contribution in [2.75, 3.05) is 12.0 Å². The first-order valence-electron chi connectivity index (χ1n) is 7.26. The Morgan fingerprint density at radius 2 is 1.96 bits per heavy atom. The first-order chi connectivity index (χ1) is 11.9. The van der Waals surface area contributed by atoms with Crippen LogP contribution in [0.3, 0.4) is 0 Å². The number of aromatic nitrogens is 2. The number of ether oxygens (including phenoxy) is 1. The Balaban J connectivity index is 1.65. The van der Waals surface area contributed by atoms with Crippen molar-refractivity contribution in [2.45, 2.75) is 11.8 Å². The highest BCUT2D eigenvalue weighted by Gasteiger charge is 2.10. The lowest BCUT2D eigenvalue weighted by molar-refractivity contribution is 0.345. The quantitative estimate of drug-likeness (QED) is 0.502. The highest BCUT2D eigenvalue weighted by molar-refractivity contribution is 7.85. The highest BCUT2D eigenvalue weighted by atomic mass is 32.2. The number of benzene rings is 2. The van der Waals surface area contributed by atoms with Crippen molar-refractivity contribution < 1.29 is 17.7 Å². The topological polar surface area (TPSA) is 101 Å². The molecule has 0 aliphatic heterocycles. The van der Waals surface area contributed by atoms with Crippen LogP contribution >= 0.6 is 11.3 Å². The van der Waals surface area contributed by atoms with Crippen LogP contribution in [-0.4, -0.2) is 29.9 Å². The van der Waals surface area contributed by atoms with E-state index in [-0.39, 0.29) is 11.6 Å². The number of rotatable bonds is 6. The highest BCUT2D eigenvalue weighted by Crippen LogP contribution is 2.25. The van der Waals surface area contributed by atoms with Gasteiger partial charge in [-0.15, -0.1) is 10.2 Å². The standard InChI is InChI=1S/C16H15N3O4S2/c1-11-18-19-16(24-11)12-4-2-5-13(8-12)17-10-23-14-6-3-7-15(9-14)25(20,21)22/h2-9,17H,10H2,1H3,(H,20,21,22). The second-order valence-corrected chi connectivity index (χ2v) is 7.73. The summed E-state index contributed by atoms with van der Waals surface area (Å²) in [5, 5.41) is 12.9. The third-order valence-corrected chi connectivity index (χ3v) is 4.99. The molecule has 3 rings (SSSR count). The average Bonchev–Trinajstić information content (AvgIpc) is 3.01. The minimum absolute atomic E-state index is 0.132. The monoisotopic (exact) mass is 377 g/mol. The molecule has 1 heterocycles. The molecule has 1 aromatic heterocycles. The summed E-state index contributed by atoms with van der Waals surface area (Å²) in [4.78, 5) is -0.210. The first kappa shape index (κ1) is 17.3. The fourth-order valence-electron chi connectivity index (χ4n) is 2.10. The van der Waals surface area contributed by atoms with Crippen molar-refractivity contribution in [3.05, 3.63) is 53.5 Å². The molecule has 0 aliphatic rings. The van der Waals surface area contributed by atoms with Crippen LogP contribution in [0.2, 0.25) is 0 Å². The van der Waals surface area contributed by atoms with E-state index in [0.717, 1.165) is 21.3 Å². The molecule has 0 atom stereocenters. The summed E-state index contributed by atoms with van der Waals surface area (Å²) in [5.41, 5.74) is 1.78. The van der Waals surface area contributed by atoms with E-state index >= 15 is 0 Å². The van der Waals surface area contributed by atoms with Crippen LogP contribution in [0.1, 0.15) is 5.01 Å². The third kappa shape index (κ3) is 4.53. The van der Waals surface area contributed by atoms with Gasteiger partial charge in [0, 0.05) is 17.3 Å². The maximum atomic E-state index is 11.1. The average molecular weight is 377 g/mol. The minimum atomic E-state index is -4.25. The summed E-state index contributed by atoms with van der Waals surface area (Å²) in [7, 11) is -4.25. The molecule has 2 N–H and O–H groups in total. The van der Waals surface area contributed by atoms with Crippen LogP contribution in [0.25, 0.3) is 10.6 Å². The minimum Gasteiger partial charge on any atom is -0.473 e. The molecule has 9 heteroatoms. The van der Waals surface area contributed by atoms with E-state index in [4.69, 9.17) is 9.29 Å². The van der Waals surface area contributed by atoms with Gasteiger partial charge < -0.3 is 10.1 Å². The van der Waals surface area contributed by atoms with Crippen molar-refractivity contribution in [2.24, 2.45) is 0 Å². The summed E-state index contributed by atoms with van der Waals surface area (Å²) >= 11 is 1.51. The number of nitrogens with zero attached hydrogens (tertiary/aromatic N) is 2. The molecule has 0 amide bonds. The maximum absolute atomic E-state index is 11.1. The van der Waals surface area contributed by atoms with Gasteiger partial charge in [-0.1, -0.05) is 29.5 Å². The van der Waals surface area contributed by atoms with Crippen LogP contribution in [0, 0.1) is 6.92 Å². The van der Waals surface area contributed by atoms with Gasteiger partial charge in [-0.3, -0.25) is 4.55 Å². The Labute approximate surface area is 149 Å². The molecule has 3 aromatic rings. The van der Waals surface area contributed by atoms with Gasteiger partial charge in [0.2, 0.25) is 0 Å². The Hall–Kier alpha value is -2.49. The van der Waals surface area contributed by atoms with Gasteiger partial charge in [0.1, 0.15) is 15.8 Å². The fraction of sp³-hybridized carbons (Fsp3) is 0.125.